The Morgan fingerprint density at radius 3 is 2.38 bits per heavy atom. The van der Waals surface area contributed by atoms with Crippen LogP contribution in [0.25, 0.3) is 0 Å². The summed E-state index contributed by atoms with van der Waals surface area (Å²) in [5.41, 5.74) is 3.32. The number of carbonyl (C=O) groups excluding carboxylic acids is 2. The summed E-state index contributed by atoms with van der Waals surface area (Å²) < 4.78 is 0. The summed E-state index contributed by atoms with van der Waals surface area (Å²) in [5.74, 6) is -0.495. The normalized spacial score (nSPS) is 11.0. The monoisotopic (exact) mass is 324 g/mol. The Kier molecular flexibility index (Phi) is 5.39. The molecule has 2 aromatic rings. The first kappa shape index (κ1) is 17.7. The average Bonchev–Trinajstić information content (AvgIpc) is 2.52. The van der Waals surface area contributed by atoms with Crippen LogP contribution in [-0.2, 0) is 10.2 Å². The van der Waals surface area contributed by atoms with Crippen molar-refractivity contribution in [3.63, 3.8) is 0 Å². The van der Waals surface area contributed by atoms with Crippen LogP contribution in [0, 0.1) is 6.92 Å². The lowest BCUT2D eigenvalue weighted by Crippen LogP contribution is -2.33. The molecule has 2 amide bonds. The molecule has 2 N–H and O–H groups in total. The highest BCUT2D eigenvalue weighted by molar-refractivity contribution is 5.99. The molecule has 0 saturated heterocycles. The number of rotatable bonds is 4. The molecule has 0 aliphatic carbocycles. The van der Waals surface area contributed by atoms with Crippen LogP contribution in [0.2, 0.25) is 0 Å². The van der Waals surface area contributed by atoms with Gasteiger partial charge < -0.3 is 10.6 Å². The first-order chi connectivity index (χ1) is 11.3. The van der Waals surface area contributed by atoms with Crippen LogP contribution in [0.4, 0.5) is 5.69 Å². The van der Waals surface area contributed by atoms with Gasteiger partial charge in [-0.2, -0.15) is 0 Å². The minimum absolute atomic E-state index is 0.0642. The molecule has 2 aromatic carbocycles. The van der Waals surface area contributed by atoms with Crippen LogP contribution < -0.4 is 10.6 Å². The molecule has 0 aromatic heterocycles. The number of carbonyl (C=O) groups is 2. The summed E-state index contributed by atoms with van der Waals surface area (Å²) in [4.78, 5) is 24.3. The Morgan fingerprint density at radius 2 is 1.71 bits per heavy atom. The van der Waals surface area contributed by atoms with Gasteiger partial charge in [-0.3, -0.25) is 9.59 Å². The molecule has 2 rings (SSSR count). The Bertz CT molecular complexity index is 745. The third-order valence-corrected chi connectivity index (χ3v) is 3.70. The van der Waals surface area contributed by atoms with Gasteiger partial charge in [-0.1, -0.05) is 56.7 Å². The first-order valence-electron chi connectivity index (χ1n) is 8.01. The predicted octanol–water partition coefficient (Wildman–Crippen LogP) is 3.66. The van der Waals surface area contributed by atoms with Crippen molar-refractivity contribution in [2.24, 2.45) is 0 Å². The molecule has 0 bridgehead atoms. The number of aryl methyl sites for hydroxylation is 1. The van der Waals surface area contributed by atoms with E-state index in [-0.39, 0.29) is 23.8 Å². The van der Waals surface area contributed by atoms with Gasteiger partial charge in [0.2, 0.25) is 5.91 Å². The molecule has 4 nitrogen and oxygen atoms in total. The van der Waals surface area contributed by atoms with Crippen molar-refractivity contribution in [1.29, 1.82) is 0 Å². The van der Waals surface area contributed by atoms with Gasteiger partial charge in [0.05, 0.1) is 6.54 Å². The van der Waals surface area contributed by atoms with Crippen molar-refractivity contribution in [3.05, 3.63) is 65.2 Å². The summed E-state index contributed by atoms with van der Waals surface area (Å²) in [6, 6.07) is 15.0. The highest BCUT2D eigenvalue weighted by atomic mass is 16.2. The number of nitrogens with one attached hydrogen (secondary N) is 2. The van der Waals surface area contributed by atoms with E-state index in [0.717, 1.165) is 16.8 Å². The number of anilines is 1. The van der Waals surface area contributed by atoms with Gasteiger partial charge in [0.1, 0.15) is 0 Å². The van der Waals surface area contributed by atoms with Crippen LogP contribution in [-0.4, -0.2) is 18.4 Å². The predicted molar refractivity (Wildman–Crippen MR) is 97.3 cm³/mol. The fourth-order valence-electron chi connectivity index (χ4n) is 2.49. The van der Waals surface area contributed by atoms with Crippen LogP contribution in [0.5, 0.6) is 0 Å². The smallest absolute Gasteiger partial charge is 0.251 e. The van der Waals surface area contributed by atoms with E-state index in [4.69, 9.17) is 0 Å². The number of amides is 2. The molecule has 0 spiro atoms. The fraction of sp³-hybridized carbons (Fsp3) is 0.300. The van der Waals surface area contributed by atoms with E-state index in [1.807, 2.05) is 43.3 Å². The van der Waals surface area contributed by atoms with E-state index >= 15 is 0 Å². The highest BCUT2D eigenvalue weighted by Gasteiger charge is 2.18. The minimum Gasteiger partial charge on any atom is -0.343 e. The molecule has 0 heterocycles. The molecule has 24 heavy (non-hydrogen) atoms. The van der Waals surface area contributed by atoms with Gasteiger partial charge in [-0.15, -0.1) is 0 Å². The van der Waals surface area contributed by atoms with Gasteiger partial charge in [0.25, 0.3) is 5.91 Å². The maximum Gasteiger partial charge on any atom is 0.251 e. The van der Waals surface area contributed by atoms with Gasteiger partial charge >= 0.3 is 0 Å². The number of benzene rings is 2. The van der Waals surface area contributed by atoms with Crippen LogP contribution in [0.3, 0.4) is 0 Å². The van der Waals surface area contributed by atoms with Crippen molar-refractivity contribution >= 4 is 17.5 Å². The van der Waals surface area contributed by atoms with Gasteiger partial charge in [0.15, 0.2) is 0 Å². The maximum atomic E-state index is 12.2. The molecule has 0 atom stereocenters. The Morgan fingerprint density at radius 1 is 1.00 bits per heavy atom. The van der Waals surface area contributed by atoms with Gasteiger partial charge in [0, 0.05) is 11.3 Å². The number of hydrogen-bond donors (Lipinski definition) is 2. The van der Waals surface area contributed by atoms with Crippen molar-refractivity contribution < 1.29 is 9.59 Å². The minimum atomic E-state index is -0.252. The largest absolute Gasteiger partial charge is 0.343 e. The van der Waals surface area contributed by atoms with Gasteiger partial charge in [-0.05, 0) is 36.1 Å². The molecular formula is C20H24N2O2. The van der Waals surface area contributed by atoms with Crippen molar-refractivity contribution in [2.45, 2.75) is 33.1 Å². The second-order valence-corrected chi connectivity index (χ2v) is 6.90. The van der Waals surface area contributed by atoms with Crippen molar-refractivity contribution in [3.8, 4) is 0 Å². The zero-order valence-corrected chi connectivity index (χ0v) is 14.6. The Hall–Kier alpha value is -2.62. The zero-order valence-electron chi connectivity index (χ0n) is 14.6. The summed E-state index contributed by atoms with van der Waals surface area (Å²) in [7, 11) is 0. The third kappa shape index (κ3) is 4.69. The molecule has 0 saturated carbocycles. The second kappa shape index (κ2) is 7.30. The Balaban J connectivity index is 1.98. The van der Waals surface area contributed by atoms with Crippen molar-refractivity contribution in [2.75, 3.05) is 11.9 Å². The maximum absolute atomic E-state index is 12.2. The fourth-order valence-corrected chi connectivity index (χ4v) is 2.49. The molecular weight excluding hydrogens is 300 g/mol. The Labute approximate surface area is 143 Å². The number of hydrogen-bond acceptors (Lipinski definition) is 2. The summed E-state index contributed by atoms with van der Waals surface area (Å²) in [6.07, 6.45) is 0. The molecule has 0 aliphatic rings. The summed E-state index contributed by atoms with van der Waals surface area (Å²) >= 11 is 0. The summed E-state index contributed by atoms with van der Waals surface area (Å²) in [5, 5.41) is 5.54. The zero-order chi connectivity index (χ0) is 17.7. The molecule has 0 unspecified atom stereocenters. The lowest BCUT2D eigenvalue weighted by atomic mass is 9.86. The molecule has 4 heteroatoms. The quantitative estimate of drug-likeness (QED) is 0.901. The van der Waals surface area contributed by atoms with E-state index in [9.17, 15) is 9.59 Å². The van der Waals surface area contributed by atoms with Crippen LogP contribution in [0.1, 0.15) is 42.3 Å². The summed E-state index contributed by atoms with van der Waals surface area (Å²) in [6.45, 7) is 8.14. The molecule has 126 valence electrons. The molecule has 0 aliphatic heterocycles. The molecule has 0 fully saturated rings. The van der Waals surface area contributed by atoms with E-state index in [1.165, 1.54) is 0 Å². The SMILES string of the molecule is Cc1cccc(C(=O)NCC(=O)Nc2ccccc2C(C)(C)C)c1. The topological polar surface area (TPSA) is 58.2 Å². The third-order valence-electron chi connectivity index (χ3n) is 3.70. The van der Waals surface area contributed by atoms with Gasteiger partial charge in [-0.25, -0.2) is 0 Å². The van der Waals surface area contributed by atoms with Crippen LogP contribution >= 0.6 is 0 Å². The molecule has 0 radical (unpaired) electrons. The average molecular weight is 324 g/mol. The standard InChI is InChI=1S/C20H24N2O2/c1-14-8-7-9-15(12-14)19(24)21-13-18(23)22-17-11-6-5-10-16(17)20(2,3)4/h5-12H,13H2,1-4H3,(H,21,24)(H,22,23). The second-order valence-electron chi connectivity index (χ2n) is 6.90. The number of para-hydroxylation sites is 1. The highest BCUT2D eigenvalue weighted by Crippen LogP contribution is 2.29. The van der Waals surface area contributed by atoms with Crippen LogP contribution in [0.15, 0.2) is 48.5 Å². The lowest BCUT2D eigenvalue weighted by Gasteiger charge is -2.23. The van der Waals surface area contributed by atoms with Crippen molar-refractivity contribution in [1.82, 2.24) is 5.32 Å². The van der Waals surface area contributed by atoms with E-state index < -0.39 is 0 Å². The van der Waals surface area contributed by atoms with E-state index in [1.54, 1.807) is 12.1 Å². The van der Waals surface area contributed by atoms with E-state index in [0.29, 0.717) is 5.56 Å². The first-order valence-corrected chi connectivity index (χ1v) is 8.01. The van der Waals surface area contributed by atoms with E-state index in [2.05, 4.69) is 31.4 Å². The lowest BCUT2D eigenvalue weighted by molar-refractivity contribution is -0.115.